The maximum atomic E-state index is 14.8. The first-order valence-electron chi connectivity index (χ1n) is 14.6. The van der Waals surface area contributed by atoms with Crippen LogP contribution in [-0.2, 0) is 34.6 Å². The van der Waals surface area contributed by atoms with Gasteiger partial charge in [0, 0.05) is 24.6 Å². The van der Waals surface area contributed by atoms with Crippen LogP contribution in [0.4, 0.5) is 30.7 Å². The first-order valence-corrected chi connectivity index (χ1v) is 16.1. The summed E-state index contributed by atoms with van der Waals surface area (Å²) in [6.07, 6.45) is -9.69. The summed E-state index contributed by atoms with van der Waals surface area (Å²) in [5.41, 5.74) is -6.21. The van der Waals surface area contributed by atoms with Gasteiger partial charge in [-0.05, 0) is 69.2 Å². The minimum absolute atomic E-state index is 0.0669. The van der Waals surface area contributed by atoms with E-state index < -0.39 is 50.6 Å². The predicted molar refractivity (Wildman–Crippen MR) is 155 cm³/mol. The third-order valence-corrected chi connectivity index (χ3v) is 11.4. The quantitative estimate of drug-likeness (QED) is 0.227. The Kier molecular flexibility index (Phi) is 9.74. The van der Waals surface area contributed by atoms with Crippen molar-refractivity contribution in [1.82, 2.24) is 4.90 Å². The molecule has 1 aliphatic carbocycles. The smallest absolute Gasteiger partial charge is 0.435 e. The second kappa shape index (κ2) is 12.6. The predicted octanol–water partition coefficient (Wildman–Crippen LogP) is 7.28. The molecule has 252 valence electrons. The molecule has 14 heteroatoms. The Morgan fingerprint density at radius 3 is 1.98 bits per heavy atom. The summed E-state index contributed by atoms with van der Waals surface area (Å²) in [4.78, 5) is 26.7. The van der Waals surface area contributed by atoms with Crippen LogP contribution < -0.4 is 0 Å². The fraction of sp³-hybridized carbons (Fsp3) is 0.500. The Bertz CT molecular complexity index is 1580. The lowest BCUT2D eigenvalue weighted by atomic mass is 9.81. The number of amides is 1. The van der Waals surface area contributed by atoms with Crippen molar-refractivity contribution < 1.29 is 53.5 Å². The van der Waals surface area contributed by atoms with Gasteiger partial charge in [0.2, 0.25) is 5.91 Å². The van der Waals surface area contributed by atoms with E-state index in [4.69, 9.17) is 4.74 Å². The van der Waals surface area contributed by atoms with Crippen LogP contribution in [0.1, 0.15) is 62.6 Å². The third kappa shape index (κ3) is 6.28. The molecule has 2 aliphatic rings. The van der Waals surface area contributed by atoms with E-state index in [0.29, 0.717) is 43.4 Å². The van der Waals surface area contributed by atoms with Crippen molar-refractivity contribution in [3.8, 4) is 0 Å². The van der Waals surface area contributed by atoms with E-state index in [1.165, 1.54) is 30.2 Å². The zero-order valence-electron chi connectivity index (χ0n) is 25.3. The van der Waals surface area contributed by atoms with Crippen LogP contribution >= 0.6 is 0 Å². The summed E-state index contributed by atoms with van der Waals surface area (Å²) < 4.78 is 127. The number of likely N-dealkylation sites (tertiary alicyclic amines) is 1. The van der Waals surface area contributed by atoms with Crippen LogP contribution in [0.5, 0.6) is 0 Å². The van der Waals surface area contributed by atoms with Crippen molar-refractivity contribution >= 4 is 27.8 Å². The van der Waals surface area contributed by atoms with Crippen molar-refractivity contribution in [3.63, 3.8) is 0 Å². The number of carbonyl (C=O) groups excluding carboxylic acids is 2. The van der Waals surface area contributed by atoms with Gasteiger partial charge in [0.1, 0.15) is 4.75 Å². The molecule has 1 unspecified atom stereocenters. The first kappa shape index (κ1) is 35.4. The summed E-state index contributed by atoms with van der Waals surface area (Å²) >= 11 is 0. The molecule has 1 atom stereocenters. The molecule has 2 aromatic rings. The first-order chi connectivity index (χ1) is 21.3. The summed E-state index contributed by atoms with van der Waals surface area (Å²) in [7, 11) is -3.19. The zero-order valence-corrected chi connectivity index (χ0v) is 26.2. The lowest BCUT2D eigenvalue weighted by Crippen LogP contribution is -2.50. The maximum absolute atomic E-state index is 14.8. The lowest BCUT2D eigenvalue weighted by molar-refractivity contribution is -0.348. The molecule has 1 saturated heterocycles. The number of benzene rings is 2. The molecule has 6 nitrogen and oxygen atoms in total. The van der Waals surface area contributed by atoms with E-state index in [0.717, 1.165) is 17.7 Å². The fourth-order valence-electron chi connectivity index (χ4n) is 6.40. The molecule has 4 rings (SSSR count). The molecule has 2 aromatic carbocycles. The van der Waals surface area contributed by atoms with Crippen molar-refractivity contribution in [2.45, 2.75) is 73.6 Å². The molecule has 1 saturated carbocycles. The van der Waals surface area contributed by atoms with Gasteiger partial charge < -0.3 is 9.64 Å². The average molecular weight is 678 g/mol. The van der Waals surface area contributed by atoms with Gasteiger partial charge in [0.05, 0.1) is 17.9 Å². The molecule has 1 aliphatic heterocycles. The van der Waals surface area contributed by atoms with E-state index in [9.17, 15) is 48.7 Å². The Morgan fingerprint density at radius 2 is 1.46 bits per heavy atom. The minimum Gasteiger partial charge on any atom is -0.469 e. The molecule has 46 heavy (non-hydrogen) atoms. The highest BCUT2D eigenvalue weighted by Crippen LogP contribution is 2.54. The van der Waals surface area contributed by atoms with Gasteiger partial charge in [0.15, 0.2) is 9.84 Å². The monoisotopic (exact) mass is 677 g/mol. The van der Waals surface area contributed by atoms with Crippen LogP contribution in [0.25, 0.3) is 6.08 Å². The highest BCUT2D eigenvalue weighted by atomic mass is 32.2. The number of esters is 1. The van der Waals surface area contributed by atoms with Crippen LogP contribution in [0.3, 0.4) is 0 Å². The molecule has 0 N–H and O–H groups in total. The molecular formula is C32H34F7NO5S. The van der Waals surface area contributed by atoms with E-state index >= 15 is 0 Å². The number of sulfone groups is 1. The molecule has 2 fully saturated rings. The molecule has 0 aromatic heterocycles. The zero-order chi connectivity index (χ0) is 34.3. The van der Waals surface area contributed by atoms with Crippen molar-refractivity contribution in [2.24, 2.45) is 11.8 Å². The van der Waals surface area contributed by atoms with Crippen molar-refractivity contribution in [1.29, 1.82) is 0 Å². The number of hydrogen-bond donors (Lipinski definition) is 0. The number of allylic oxidation sites excluding steroid dienone is 1. The lowest BCUT2D eigenvalue weighted by Gasteiger charge is -2.33. The van der Waals surface area contributed by atoms with E-state index in [-0.39, 0.29) is 41.2 Å². The van der Waals surface area contributed by atoms with Crippen molar-refractivity contribution in [3.05, 3.63) is 70.8 Å². The topological polar surface area (TPSA) is 80.8 Å². The number of rotatable bonds is 7. The number of nitrogens with zero attached hydrogens (tertiary/aromatic N) is 1. The highest BCUT2D eigenvalue weighted by molar-refractivity contribution is 7.92. The highest BCUT2D eigenvalue weighted by Gasteiger charge is 2.73. The third-order valence-electron chi connectivity index (χ3n) is 8.88. The number of methoxy groups -OCH3 is 1. The molecule has 0 radical (unpaired) electrons. The molecule has 1 heterocycles. The van der Waals surface area contributed by atoms with Gasteiger partial charge >= 0.3 is 24.0 Å². The molecule has 1 amide bonds. The number of carbonyl (C=O) groups is 2. The second-order valence-corrected chi connectivity index (χ2v) is 14.4. The largest absolute Gasteiger partial charge is 0.469 e. The summed E-state index contributed by atoms with van der Waals surface area (Å²) in [5.74, 6) is -1.64. The van der Waals surface area contributed by atoms with Crippen LogP contribution in [0.15, 0.2) is 59.0 Å². The Labute approximate surface area is 262 Å². The SMILES string of the molecule is COC(=O)C1CCC(C(=O)N2CCC(c3ccc(C(F)(C(F)(F)F)C(F)(F)F)cc3)(S(=O)(=O)c3cccc(C=C(C)C)c3)C2)CC1. The summed E-state index contributed by atoms with van der Waals surface area (Å²) in [6, 6.07) is 8.00. The van der Waals surface area contributed by atoms with Gasteiger partial charge in [0.25, 0.3) is 0 Å². The van der Waals surface area contributed by atoms with E-state index in [2.05, 4.69) is 0 Å². The van der Waals surface area contributed by atoms with E-state index in [1.807, 2.05) is 0 Å². The van der Waals surface area contributed by atoms with Crippen molar-refractivity contribution in [2.75, 3.05) is 20.2 Å². The molecular weight excluding hydrogens is 643 g/mol. The minimum atomic E-state index is -6.34. The van der Waals surface area contributed by atoms with E-state index in [1.54, 1.807) is 26.0 Å². The number of ether oxygens (including phenoxy) is 1. The summed E-state index contributed by atoms with van der Waals surface area (Å²) in [5, 5.41) is 0. The molecule has 0 bridgehead atoms. The standard InChI is InChI=1S/C32H34F7NO5S/c1-20(2)17-21-5-4-6-26(18-21)46(43,44)29(24-11-13-25(14-12-24)30(33,31(34,35)36)32(37,38)39)15-16-40(19-29)27(41)22-7-9-23(10-8-22)28(42)45-3/h4-6,11-14,17-18,22-23H,7-10,15-16,19H2,1-3H3. The van der Waals surface area contributed by atoms with Gasteiger partial charge in [-0.2, -0.15) is 26.3 Å². The fourth-order valence-corrected chi connectivity index (χ4v) is 8.54. The summed E-state index contributed by atoms with van der Waals surface area (Å²) in [6.45, 7) is 3.10. The average Bonchev–Trinajstić information content (AvgIpc) is 3.46. The Hall–Kier alpha value is -3.42. The number of hydrogen-bond acceptors (Lipinski definition) is 5. The van der Waals surface area contributed by atoms with Gasteiger partial charge in [-0.15, -0.1) is 0 Å². The number of alkyl halides is 7. The van der Waals surface area contributed by atoms with Gasteiger partial charge in [-0.3, -0.25) is 9.59 Å². The van der Waals surface area contributed by atoms with Crippen LogP contribution in [0.2, 0.25) is 0 Å². The normalized spacial score (nSPS) is 22.8. The number of halogens is 7. The second-order valence-electron chi connectivity index (χ2n) is 12.1. The molecule has 0 spiro atoms. The Balaban J connectivity index is 1.77. The Morgan fingerprint density at radius 1 is 0.891 bits per heavy atom. The van der Waals surface area contributed by atoms with Gasteiger partial charge in [-0.1, -0.05) is 48.0 Å². The van der Waals surface area contributed by atoms with Gasteiger partial charge in [-0.25, -0.2) is 12.8 Å². The van der Waals surface area contributed by atoms with Crippen LogP contribution in [-0.4, -0.2) is 57.7 Å². The maximum Gasteiger partial charge on any atom is 0.435 e. The van der Waals surface area contributed by atoms with Crippen LogP contribution in [0, 0.1) is 11.8 Å².